The topological polar surface area (TPSA) is 26.3 Å². The predicted octanol–water partition coefficient (Wildman–Crippen LogP) is 5.42. The van der Waals surface area contributed by atoms with Gasteiger partial charge in [-0.05, 0) is 19.3 Å². The number of rotatable bonds is 13. The van der Waals surface area contributed by atoms with Crippen LogP contribution in [0.5, 0.6) is 0 Å². The van der Waals surface area contributed by atoms with Gasteiger partial charge in [0, 0.05) is 5.57 Å². The molecule has 2 nitrogen and oxygen atoms in total. The van der Waals surface area contributed by atoms with Gasteiger partial charge >= 0.3 is 5.97 Å². The summed E-state index contributed by atoms with van der Waals surface area (Å²) in [6.07, 6.45) is 12.7. The Balaban J connectivity index is 3.41. The zero-order chi connectivity index (χ0) is 14.3. The van der Waals surface area contributed by atoms with Crippen LogP contribution in [0.25, 0.3) is 0 Å². The highest BCUT2D eigenvalue weighted by molar-refractivity contribution is 5.87. The first kappa shape index (κ1) is 18.2. The minimum atomic E-state index is -0.189. The molecule has 0 spiro atoms. The predicted molar refractivity (Wildman–Crippen MR) is 82.2 cm³/mol. The Hall–Kier alpha value is -0.790. The van der Waals surface area contributed by atoms with Crippen LogP contribution in [0, 0.1) is 0 Å². The van der Waals surface area contributed by atoms with Crippen molar-refractivity contribution in [1.29, 1.82) is 0 Å². The Morgan fingerprint density at radius 3 is 1.95 bits per heavy atom. The standard InChI is InChI=1S/C17H32O2/c1-4-6-8-10-12-14-16(3)17(18)19-15-13-11-9-7-5-2/h3-15H2,1-2H3. The smallest absolute Gasteiger partial charge is 0.333 e. The van der Waals surface area contributed by atoms with Crippen LogP contribution in [0.2, 0.25) is 0 Å². The van der Waals surface area contributed by atoms with Gasteiger partial charge in [0.1, 0.15) is 0 Å². The molecule has 112 valence electrons. The first-order chi connectivity index (χ1) is 9.22. The molecule has 0 aliphatic rings. The molecule has 0 saturated carbocycles. The van der Waals surface area contributed by atoms with Gasteiger partial charge in [0.15, 0.2) is 0 Å². The average Bonchev–Trinajstić information content (AvgIpc) is 2.42. The molecule has 0 aromatic carbocycles. The van der Waals surface area contributed by atoms with E-state index in [0.29, 0.717) is 12.2 Å². The van der Waals surface area contributed by atoms with Gasteiger partial charge in [-0.15, -0.1) is 0 Å². The Labute approximate surface area is 119 Å². The SMILES string of the molecule is C=C(CCCCCCC)C(=O)OCCCCCCC. The summed E-state index contributed by atoms with van der Waals surface area (Å²) in [5, 5.41) is 0. The van der Waals surface area contributed by atoms with Gasteiger partial charge in [-0.2, -0.15) is 0 Å². The maximum absolute atomic E-state index is 11.6. The molecule has 0 amide bonds. The van der Waals surface area contributed by atoms with Crippen molar-refractivity contribution >= 4 is 5.97 Å². The van der Waals surface area contributed by atoms with E-state index < -0.39 is 0 Å². The molecule has 0 radical (unpaired) electrons. The average molecular weight is 268 g/mol. The van der Waals surface area contributed by atoms with E-state index in [1.807, 2.05) is 0 Å². The number of esters is 1. The quantitative estimate of drug-likeness (QED) is 0.253. The van der Waals surface area contributed by atoms with E-state index in [2.05, 4.69) is 20.4 Å². The molecule has 0 bridgehead atoms. The summed E-state index contributed by atoms with van der Waals surface area (Å²) < 4.78 is 5.22. The maximum Gasteiger partial charge on any atom is 0.333 e. The molecule has 0 atom stereocenters. The van der Waals surface area contributed by atoms with E-state index >= 15 is 0 Å². The lowest BCUT2D eigenvalue weighted by Gasteiger charge is -2.07. The number of ether oxygens (including phenoxy) is 1. The van der Waals surface area contributed by atoms with E-state index in [-0.39, 0.29) is 5.97 Å². The summed E-state index contributed by atoms with van der Waals surface area (Å²) in [5.41, 5.74) is 0.644. The molecule has 0 aliphatic carbocycles. The zero-order valence-corrected chi connectivity index (χ0v) is 13.0. The fraction of sp³-hybridized carbons (Fsp3) is 0.824. The second kappa shape index (κ2) is 13.6. The molecule has 0 heterocycles. The van der Waals surface area contributed by atoms with Crippen molar-refractivity contribution in [3.63, 3.8) is 0 Å². The van der Waals surface area contributed by atoms with Crippen molar-refractivity contribution in [2.45, 2.75) is 84.5 Å². The van der Waals surface area contributed by atoms with Crippen LogP contribution in [0.3, 0.4) is 0 Å². The monoisotopic (exact) mass is 268 g/mol. The van der Waals surface area contributed by atoms with Crippen LogP contribution < -0.4 is 0 Å². The van der Waals surface area contributed by atoms with E-state index in [4.69, 9.17) is 4.74 Å². The van der Waals surface area contributed by atoms with Crippen LogP contribution in [0.1, 0.15) is 84.5 Å². The van der Waals surface area contributed by atoms with Gasteiger partial charge in [-0.3, -0.25) is 0 Å². The summed E-state index contributed by atoms with van der Waals surface area (Å²) >= 11 is 0. The lowest BCUT2D eigenvalue weighted by atomic mass is 10.1. The first-order valence-electron chi connectivity index (χ1n) is 8.07. The third-order valence-corrected chi connectivity index (χ3v) is 3.35. The van der Waals surface area contributed by atoms with Gasteiger partial charge in [0.25, 0.3) is 0 Å². The Kier molecular flexibility index (Phi) is 13.1. The highest BCUT2D eigenvalue weighted by atomic mass is 16.5. The van der Waals surface area contributed by atoms with Crippen molar-refractivity contribution in [1.82, 2.24) is 0 Å². The van der Waals surface area contributed by atoms with Gasteiger partial charge < -0.3 is 4.74 Å². The molecule has 0 rings (SSSR count). The first-order valence-corrected chi connectivity index (χ1v) is 8.07. The van der Waals surface area contributed by atoms with Crippen LogP contribution in [-0.2, 0) is 9.53 Å². The third-order valence-electron chi connectivity index (χ3n) is 3.35. The maximum atomic E-state index is 11.6. The Bertz CT molecular complexity index is 233. The second-order valence-corrected chi connectivity index (χ2v) is 5.32. The number of unbranched alkanes of at least 4 members (excludes halogenated alkanes) is 8. The molecule has 0 aromatic rings. The normalized spacial score (nSPS) is 10.4. The van der Waals surface area contributed by atoms with Crippen molar-refractivity contribution < 1.29 is 9.53 Å². The van der Waals surface area contributed by atoms with Crippen LogP contribution in [0.15, 0.2) is 12.2 Å². The summed E-state index contributed by atoms with van der Waals surface area (Å²) in [7, 11) is 0. The fourth-order valence-corrected chi connectivity index (χ4v) is 2.02. The summed E-state index contributed by atoms with van der Waals surface area (Å²) in [6, 6.07) is 0. The number of carbonyl (C=O) groups is 1. The molecule has 0 fully saturated rings. The van der Waals surface area contributed by atoms with Crippen molar-refractivity contribution in [2.24, 2.45) is 0 Å². The summed E-state index contributed by atoms with van der Waals surface area (Å²) in [4.78, 5) is 11.6. The minimum absolute atomic E-state index is 0.189. The molecular weight excluding hydrogens is 236 g/mol. The van der Waals surface area contributed by atoms with Crippen LogP contribution in [-0.4, -0.2) is 12.6 Å². The van der Waals surface area contributed by atoms with Crippen molar-refractivity contribution in [3.8, 4) is 0 Å². The van der Waals surface area contributed by atoms with Gasteiger partial charge in [0.2, 0.25) is 0 Å². The van der Waals surface area contributed by atoms with Crippen molar-refractivity contribution in [2.75, 3.05) is 6.61 Å². The van der Waals surface area contributed by atoms with E-state index in [1.165, 1.54) is 44.9 Å². The summed E-state index contributed by atoms with van der Waals surface area (Å²) in [5.74, 6) is -0.189. The molecular formula is C17H32O2. The lowest BCUT2D eigenvalue weighted by molar-refractivity contribution is -0.139. The molecule has 0 N–H and O–H groups in total. The number of hydrogen-bond donors (Lipinski definition) is 0. The van der Waals surface area contributed by atoms with Gasteiger partial charge in [-0.1, -0.05) is 71.8 Å². The molecule has 0 unspecified atom stereocenters. The Morgan fingerprint density at radius 1 is 0.842 bits per heavy atom. The highest BCUT2D eigenvalue weighted by Crippen LogP contribution is 2.11. The molecule has 19 heavy (non-hydrogen) atoms. The van der Waals surface area contributed by atoms with E-state index in [1.54, 1.807) is 0 Å². The highest BCUT2D eigenvalue weighted by Gasteiger charge is 2.07. The lowest BCUT2D eigenvalue weighted by Crippen LogP contribution is -2.08. The Morgan fingerprint density at radius 2 is 1.37 bits per heavy atom. The number of carbonyl (C=O) groups excluding carboxylic acids is 1. The third kappa shape index (κ3) is 12.0. The summed E-state index contributed by atoms with van der Waals surface area (Å²) in [6.45, 7) is 8.78. The minimum Gasteiger partial charge on any atom is -0.462 e. The van der Waals surface area contributed by atoms with Crippen molar-refractivity contribution in [3.05, 3.63) is 12.2 Å². The molecule has 0 aliphatic heterocycles. The van der Waals surface area contributed by atoms with Crippen LogP contribution >= 0.6 is 0 Å². The fourth-order valence-electron chi connectivity index (χ4n) is 2.02. The second-order valence-electron chi connectivity index (χ2n) is 5.32. The molecule has 0 aromatic heterocycles. The van der Waals surface area contributed by atoms with Gasteiger partial charge in [-0.25, -0.2) is 4.79 Å². The van der Waals surface area contributed by atoms with Crippen LogP contribution in [0.4, 0.5) is 0 Å². The van der Waals surface area contributed by atoms with E-state index in [0.717, 1.165) is 25.7 Å². The number of hydrogen-bond acceptors (Lipinski definition) is 2. The van der Waals surface area contributed by atoms with E-state index in [9.17, 15) is 4.79 Å². The molecule has 0 saturated heterocycles. The van der Waals surface area contributed by atoms with Gasteiger partial charge in [0.05, 0.1) is 6.61 Å². The largest absolute Gasteiger partial charge is 0.462 e. The zero-order valence-electron chi connectivity index (χ0n) is 13.0. The molecule has 2 heteroatoms.